The highest BCUT2D eigenvalue weighted by atomic mass is 16.5. The second kappa shape index (κ2) is 3.90. The van der Waals surface area contributed by atoms with Gasteiger partial charge in [0.15, 0.2) is 0 Å². The number of rotatable bonds is 1. The van der Waals surface area contributed by atoms with Gasteiger partial charge in [0.25, 0.3) is 0 Å². The van der Waals surface area contributed by atoms with Crippen molar-refractivity contribution >= 4 is 11.9 Å². The van der Waals surface area contributed by atoms with Gasteiger partial charge in [-0.15, -0.1) is 0 Å². The van der Waals surface area contributed by atoms with Crippen LogP contribution >= 0.6 is 0 Å². The Bertz CT molecular complexity index is 232. The van der Waals surface area contributed by atoms with Crippen molar-refractivity contribution in [2.75, 3.05) is 7.11 Å². The lowest BCUT2D eigenvalue weighted by atomic mass is 10.1. The first-order chi connectivity index (χ1) is 5.72. The summed E-state index contributed by atoms with van der Waals surface area (Å²) in [6, 6.07) is 0. The number of nitrogens with one attached hydrogen (secondary N) is 1. The number of ether oxygens (including phenoxy) is 1. The highest BCUT2D eigenvalue weighted by molar-refractivity contribution is 5.85. The Morgan fingerprint density at radius 1 is 1.58 bits per heavy atom. The Hall–Kier alpha value is -1.32. The van der Waals surface area contributed by atoms with E-state index in [4.69, 9.17) is 0 Å². The summed E-state index contributed by atoms with van der Waals surface area (Å²) in [6.45, 7) is 0. The summed E-state index contributed by atoms with van der Waals surface area (Å²) in [5.41, 5.74) is 0.651. The van der Waals surface area contributed by atoms with Gasteiger partial charge in [0.05, 0.1) is 7.11 Å². The molecule has 0 aliphatic carbocycles. The molecule has 1 fully saturated rings. The average Bonchev–Trinajstić information content (AvgIpc) is 2.04. The van der Waals surface area contributed by atoms with Crippen molar-refractivity contribution < 1.29 is 14.3 Å². The lowest BCUT2D eigenvalue weighted by Gasteiger charge is -2.14. The molecule has 1 rings (SSSR count). The highest BCUT2D eigenvalue weighted by Crippen LogP contribution is 2.10. The van der Waals surface area contributed by atoms with Gasteiger partial charge in [-0.25, -0.2) is 4.79 Å². The van der Waals surface area contributed by atoms with Crippen molar-refractivity contribution in [1.29, 1.82) is 0 Å². The summed E-state index contributed by atoms with van der Waals surface area (Å²) in [5, 5.41) is 2.60. The number of hydrogen-bond donors (Lipinski definition) is 1. The van der Waals surface area contributed by atoms with E-state index in [1.54, 1.807) is 0 Å². The lowest BCUT2D eigenvalue weighted by Crippen LogP contribution is -2.27. The molecule has 0 spiro atoms. The molecule has 66 valence electrons. The van der Waals surface area contributed by atoms with Crippen molar-refractivity contribution in [3.05, 3.63) is 11.8 Å². The van der Waals surface area contributed by atoms with Crippen LogP contribution in [-0.4, -0.2) is 19.0 Å². The topological polar surface area (TPSA) is 55.4 Å². The maximum absolute atomic E-state index is 10.8. The predicted molar refractivity (Wildman–Crippen MR) is 42.1 cm³/mol. The smallest absolute Gasteiger partial charge is 0.332 e. The zero-order chi connectivity index (χ0) is 8.97. The summed E-state index contributed by atoms with van der Waals surface area (Å²) < 4.78 is 4.42. The molecule has 0 bridgehead atoms. The van der Waals surface area contributed by atoms with Crippen molar-refractivity contribution in [3.63, 3.8) is 0 Å². The number of amides is 1. The van der Waals surface area contributed by atoms with E-state index in [1.807, 2.05) is 0 Å². The molecule has 0 aromatic rings. The number of carbonyl (C=O) groups is 2. The molecule has 1 aliphatic heterocycles. The van der Waals surface area contributed by atoms with Crippen LogP contribution in [0.3, 0.4) is 0 Å². The SMILES string of the molecule is COC(=O)C=C1CCCC(=O)N1. The van der Waals surface area contributed by atoms with Crippen molar-refractivity contribution in [2.45, 2.75) is 19.3 Å². The quantitative estimate of drug-likeness (QED) is 0.455. The van der Waals surface area contributed by atoms with E-state index in [9.17, 15) is 9.59 Å². The number of piperidine rings is 1. The molecule has 0 unspecified atom stereocenters. The van der Waals surface area contributed by atoms with Gasteiger partial charge >= 0.3 is 5.97 Å². The molecule has 0 atom stereocenters. The molecule has 1 N–H and O–H groups in total. The maximum Gasteiger partial charge on any atom is 0.332 e. The maximum atomic E-state index is 10.8. The minimum Gasteiger partial charge on any atom is -0.466 e. The Morgan fingerprint density at radius 3 is 2.92 bits per heavy atom. The van der Waals surface area contributed by atoms with Crippen molar-refractivity contribution in [3.8, 4) is 0 Å². The second-order valence-electron chi connectivity index (χ2n) is 2.59. The largest absolute Gasteiger partial charge is 0.466 e. The molecule has 1 heterocycles. The molecule has 12 heavy (non-hydrogen) atoms. The van der Waals surface area contributed by atoms with Crippen molar-refractivity contribution in [2.24, 2.45) is 0 Å². The fourth-order valence-electron chi connectivity index (χ4n) is 1.05. The van der Waals surface area contributed by atoms with Crippen LogP contribution in [-0.2, 0) is 14.3 Å². The fraction of sp³-hybridized carbons (Fsp3) is 0.500. The minimum absolute atomic E-state index is 0.0311. The number of allylic oxidation sites excluding steroid dienone is 1. The minimum atomic E-state index is -0.424. The van der Waals surface area contributed by atoms with E-state index >= 15 is 0 Å². The van der Waals surface area contributed by atoms with E-state index in [2.05, 4.69) is 10.1 Å². The van der Waals surface area contributed by atoms with E-state index in [1.165, 1.54) is 13.2 Å². The Balaban J connectivity index is 2.56. The van der Waals surface area contributed by atoms with Crippen LogP contribution in [0.1, 0.15) is 19.3 Å². The molecule has 4 nitrogen and oxygen atoms in total. The summed E-state index contributed by atoms with van der Waals surface area (Å²) in [7, 11) is 1.31. The van der Waals surface area contributed by atoms with Crippen LogP contribution in [0.2, 0.25) is 0 Å². The molecule has 0 radical (unpaired) electrons. The van der Waals surface area contributed by atoms with Crippen molar-refractivity contribution in [1.82, 2.24) is 5.32 Å². The lowest BCUT2D eigenvalue weighted by molar-refractivity contribution is -0.134. The molecule has 1 saturated heterocycles. The normalized spacial score (nSPS) is 20.4. The first-order valence-corrected chi connectivity index (χ1v) is 3.81. The van der Waals surface area contributed by atoms with Crippen LogP contribution in [0.15, 0.2) is 11.8 Å². The number of esters is 1. The van der Waals surface area contributed by atoms with Gasteiger partial charge in [-0.2, -0.15) is 0 Å². The molecular weight excluding hydrogens is 158 g/mol. The predicted octanol–water partition coefficient (Wildman–Crippen LogP) is 0.343. The molecule has 4 heteroatoms. The van der Waals surface area contributed by atoms with Gasteiger partial charge in [0.2, 0.25) is 5.91 Å². The molecular formula is C8H11NO3. The molecule has 0 aromatic carbocycles. The monoisotopic (exact) mass is 169 g/mol. The summed E-state index contributed by atoms with van der Waals surface area (Å²) in [6.07, 6.45) is 3.39. The molecule has 0 saturated carbocycles. The average molecular weight is 169 g/mol. The van der Waals surface area contributed by atoms with E-state index in [-0.39, 0.29) is 5.91 Å². The molecule has 0 aromatic heterocycles. The second-order valence-corrected chi connectivity index (χ2v) is 2.59. The van der Waals surface area contributed by atoms with E-state index in [0.29, 0.717) is 12.1 Å². The van der Waals surface area contributed by atoms with Gasteiger partial charge in [-0.3, -0.25) is 4.79 Å². The summed E-state index contributed by atoms with van der Waals surface area (Å²) in [4.78, 5) is 21.6. The Morgan fingerprint density at radius 2 is 2.33 bits per heavy atom. The first kappa shape index (κ1) is 8.77. The zero-order valence-corrected chi connectivity index (χ0v) is 6.92. The van der Waals surface area contributed by atoms with Gasteiger partial charge in [0.1, 0.15) is 0 Å². The number of hydrogen-bond acceptors (Lipinski definition) is 3. The summed E-state index contributed by atoms with van der Waals surface area (Å²) >= 11 is 0. The molecule has 1 aliphatic rings. The van der Waals surface area contributed by atoms with E-state index in [0.717, 1.165) is 12.8 Å². The fourth-order valence-corrected chi connectivity index (χ4v) is 1.05. The van der Waals surface area contributed by atoms with Crippen LogP contribution < -0.4 is 5.32 Å². The number of methoxy groups -OCH3 is 1. The van der Waals surface area contributed by atoms with Crippen LogP contribution in [0.5, 0.6) is 0 Å². The van der Waals surface area contributed by atoms with Gasteiger partial charge < -0.3 is 10.1 Å². The van der Waals surface area contributed by atoms with Gasteiger partial charge in [0, 0.05) is 18.2 Å². The standard InChI is InChI=1S/C8H11NO3/c1-12-8(11)5-6-3-2-4-7(10)9-6/h5H,2-4H2,1H3,(H,9,10). The third-order valence-electron chi connectivity index (χ3n) is 1.64. The van der Waals surface area contributed by atoms with Gasteiger partial charge in [-0.05, 0) is 12.8 Å². The first-order valence-electron chi connectivity index (χ1n) is 3.81. The highest BCUT2D eigenvalue weighted by Gasteiger charge is 2.12. The number of carbonyl (C=O) groups excluding carboxylic acids is 2. The van der Waals surface area contributed by atoms with E-state index < -0.39 is 5.97 Å². The van der Waals surface area contributed by atoms with Gasteiger partial charge in [-0.1, -0.05) is 0 Å². The van der Waals surface area contributed by atoms with Crippen LogP contribution in [0.4, 0.5) is 0 Å². The van der Waals surface area contributed by atoms with Crippen LogP contribution in [0, 0.1) is 0 Å². The van der Waals surface area contributed by atoms with Crippen LogP contribution in [0.25, 0.3) is 0 Å². The Kier molecular flexibility index (Phi) is 2.85. The zero-order valence-electron chi connectivity index (χ0n) is 6.92. The summed E-state index contributed by atoms with van der Waals surface area (Å²) in [5.74, 6) is -0.455. The molecule has 1 amide bonds. The third kappa shape index (κ3) is 2.38. The third-order valence-corrected chi connectivity index (χ3v) is 1.64. The Labute approximate surface area is 70.6 Å².